The van der Waals surface area contributed by atoms with Crippen LogP contribution in [0.1, 0.15) is 29.4 Å². The molecule has 0 aliphatic carbocycles. The number of thiazole rings is 1. The van der Waals surface area contributed by atoms with Crippen LogP contribution >= 0.6 is 11.3 Å². The number of nitrogens with one attached hydrogen (secondary N) is 1. The van der Waals surface area contributed by atoms with Crippen LogP contribution in [0.15, 0.2) is 29.2 Å². The Morgan fingerprint density at radius 3 is 3.12 bits per heavy atom. The quantitative estimate of drug-likeness (QED) is 0.805. The molecule has 1 aliphatic heterocycles. The summed E-state index contributed by atoms with van der Waals surface area (Å²) in [6, 6.07) is 3.09. The van der Waals surface area contributed by atoms with Crippen LogP contribution in [0.3, 0.4) is 0 Å². The third-order valence-electron chi connectivity index (χ3n) is 4.15. The second kappa shape index (κ2) is 8.37. The first-order valence-electron chi connectivity index (χ1n) is 8.33. The van der Waals surface area contributed by atoms with Crippen LogP contribution in [0.25, 0.3) is 0 Å². The van der Waals surface area contributed by atoms with Gasteiger partial charge in [-0.15, -0.1) is 11.3 Å². The Morgan fingerprint density at radius 2 is 2.40 bits per heavy atom. The van der Waals surface area contributed by atoms with Crippen molar-refractivity contribution < 1.29 is 14.6 Å². The van der Waals surface area contributed by atoms with Crippen molar-refractivity contribution in [1.82, 2.24) is 20.2 Å². The molecule has 0 spiro atoms. The van der Waals surface area contributed by atoms with E-state index in [1.54, 1.807) is 29.7 Å². The number of aliphatic hydroxyl groups is 1. The van der Waals surface area contributed by atoms with E-state index < -0.39 is 6.10 Å². The molecule has 0 bridgehead atoms. The smallest absolute Gasteiger partial charge is 0.257 e. The maximum absolute atomic E-state index is 12.5. The molecule has 0 radical (unpaired) electrons. The number of β-amino-alcohol motifs (C(OH)–C–C–N with tert-alkyl or cyclic N) is 1. The summed E-state index contributed by atoms with van der Waals surface area (Å²) < 4.78 is 5.40. The van der Waals surface area contributed by atoms with Gasteiger partial charge in [0.15, 0.2) is 0 Å². The molecule has 1 fully saturated rings. The van der Waals surface area contributed by atoms with Crippen molar-refractivity contribution in [2.45, 2.75) is 32.0 Å². The number of likely N-dealkylation sites (tertiary alicyclic amines) is 1. The highest BCUT2D eigenvalue weighted by Crippen LogP contribution is 2.18. The van der Waals surface area contributed by atoms with Gasteiger partial charge in [0.25, 0.3) is 5.91 Å². The first kappa shape index (κ1) is 17.8. The molecule has 8 heteroatoms. The lowest BCUT2D eigenvalue weighted by molar-refractivity contribution is 0.0345. The van der Waals surface area contributed by atoms with Gasteiger partial charge in [0, 0.05) is 31.2 Å². The van der Waals surface area contributed by atoms with Crippen molar-refractivity contribution in [2.75, 3.05) is 19.7 Å². The number of hydrogen-bond acceptors (Lipinski definition) is 7. The third kappa shape index (κ3) is 4.53. The summed E-state index contributed by atoms with van der Waals surface area (Å²) in [7, 11) is 0. The number of aliphatic hydroxyl groups excluding tert-OH is 1. The number of carbonyl (C=O) groups excluding carboxylic acids is 1. The van der Waals surface area contributed by atoms with E-state index in [0.29, 0.717) is 31.0 Å². The van der Waals surface area contributed by atoms with Crippen LogP contribution in [-0.4, -0.2) is 57.7 Å². The van der Waals surface area contributed by atoms with Gasteiger partial charge in [-0.25, -0.2) is 9.97 Å². The van der Waals surface area contributed by atoms with E-state index in [-0.39, 0.29) is 11.9 Å². The normalized spacial score (nSPS) is 21.0. The summed E-state index contributed by atoms with van der Waals surface area (Å²) in [6.07, 6.45) is 1.65. The Bertz CT molecular complexity index is 695. The zero-order valence-electron chi connectivity index (χ0n) is 14.1. The van der Waals surface area contributed by atoms with Crippen molar-refractivity contribution in [3.63, 3.8) is 0 Å². The van der Waals surface area contributed by atoms with Crippen LogP contribution in [0.2, 0.25) is 0 Å². The Kier molecular flexibility index (Phi) is 5.95. The molecule has 0 unspecified atom stereocenters. The summed E-state index contributed by atoms with van der Waals surface area (Å²) in [5, 5.41) is 15.3. The highest BCUT2D eigenvalue weighted by atomic mass is 32.1. The number of piperidine rings is 1. The van der Waals surface area contributed by atoms with Crippen LogP contribution < -0.4 is 10.1 Å². The number of pyridine rings is 1. The van der Waals surface area contributed by atoms with Crippen molar-refractivity contribution >= 4 is 17.2 Å². The molecule has 0 aromatic carbocycles. The predicted octanol–water partition coefficient (Wildman–Crippen LogP) is 1.30. The third-order valence-corrected chi connectivity index (χ3v) is 4.78. The number of amides is 1. The van der Waals surface area contributed by atoms with Gasteiger partial charge < -0.3 is 15.2 Å². The minimum absolute atomic E-state index is 0.270. The molecule has 0 saturated carbocycles. The fourth-order valence-corrected chi connectivity index (χ4v) is 3.46. The molecule has 7 nitrogen and oxygen atoms in total. The first-order chi connectivity index (χ1) is 12.2. The second-order valence-corrected chi connectivity index (χ2v) is 6.66. The molecule has 2 aromatic rings. The number of nitrogens with zero attached hydrogens (tertiary/aromatic N) is 3. The number of rotatable bonds is 6. The molecule has 134 valence electrons. The summed E-state index contributed by atoms with van der Waals surface area (Å²) in [5.74, 6) is 0.0477. The topological polar surface area (TPSA) is 87.6 Å². The van der Waals surface area contributed by atoms with Gasteiger partial charge in [0.2, 0.25) is 5.88 Å². The molecule has 3 heterocycles. The minimum atomic E-state index is -0.622. The standard InChI is InChI=1S/C17H22N4O3S/c1-2-24-17-13(4-3-6-18-17)16(23)20-14-5-7-21(9-15(14)22)8-12-10-25-11-19-12/h3-4,6,10-11,14-15,22H,2,5,7-9H2,1H3,(H,20,23)/t14-,15-/m1/s1. The van der Waals surface area contributed by atoms with E-state index in [2.05, 4.69) is 20.2 Å². The Labute approximate surface area is 150 Å². The van der Waals surface area contributed by atoms with Gasteiger partial charge in [-0.3, -0.25) is 9.69 Å². The predicted molar refractivity (Wildman–Crippen MR) is 94.7 cm³/mol. The van der Waals surface area contributed by atoms with E-state index in [1.165, 1.54) is 0 Å². The van der Waals surface area contributed by atoms with Gasteiger partial charge in [0.1, 0.15) is 5.56 Å². The molecule has 3 rings (SSSR count). The van der Waals surface area contributed by atoms with Crippen LogP contribution in [0.5, 0.6) is 5.88 Å². The van der Waals surface area contributed by atoms with Crippen molar-refractivity contribution in [2.24, 2.45) is 0 Å². The van der Waals surface area contributed by atoms with Gasteiger partial charge in [0.05, 0.1) is 30.0 Å². The molecule has 2 atom stereocenters. The number of carbonyl (C=O) groups is 1. The highest BCUT2D eigenvalue weighted by molar-refractivity contribution is 7.07. The number of ether oxygens (including phenoxy) is 1. The second-order valence-electron chi connectivity index (χ2n) is 5.94. The Balaban J connectivity index is 1.58. The van der Waals surface area contributed by atoms with E-state index in [9.17, 15) is 9.90 Å². The maximum atomic E-state index is 12.5. The van der Waals surface area contributed by atoms with Crippen molar-refractivity contribution in [1.29, 1.82) is 0 Å². The molecular formula is C17H22N4O3S. The summed E-state index contributed by atoms with van der Waals surface area (Å²) in [4.78, 5) is 23.0. The van der Waals surface area contributed by atoms with E-state index in [0.717, 1.165) is 18.8 Å². The summed E-state index contributed by atoms with van der Waals surface area (Å²) in [6.45, 7) is 4.31. The molecule has 1 saturated heterocycles. The lowest BCUT2D eigenvalue weighted by atomic mass is 10.0. The van der Waals surface area contributed by atoms with Gasteiger partial charge in [-0.2, -0.15) is 0 Å². The molecular weight excluding hydrogens is 340 g/mol. The fourth-order valence-electron chi connectivity index (χ4n) is 2.92. The van der Waals surface area contributed by atoms with Crippen molar-refractivity contribution in [3.05, 3.63) is 40.5 Å². The average molecular weight is 362 g/mol. The lowest BCUT2D eigenvalue weighted by Gasteiger charge is -2.35. The molecule has 2 aromatic heterocycles. The average Bonchev–Trinajstić information content (AvgIpc) is 3.11. The van der Waals surface area contributed by atoms with E-state index >= 15 is 0 Å². The minimum Gasteiger partial charge on any atom is -0.477 e. The van der Waals surface area contributed by atoms with Crippen LogP contribution in [0.4, 0.5) is 0 Å². The van der Waals surface area contributed by atoms with Gasteiger partial charge in [-0.05, 0) is 25.5 Å². The Morgan fingerprint density at radius 1 is 1.52 bits per heavy atom. The monoisotopic (exact) mass is 362 g/mol. The largest absolute Gasteiger partial charge is 0.477 e. The number of hydrogen-bond donors (Lipinski definition) is 2. The van der Waals surface area contributed by atoms with Crippen molar-refractivity contribution in [3.8, 4) is 5.88 Å². The molecule has 1 amide bonds. The Hall–Kier alpha value is -2.03. The van der Waals surface area contributed by atoms with E-state index in [4.69, 9.17) is 4.74 Å². The van der Waals surface area contributed by atoms with E-state index in [1.807, 2.05) is 17.8 Å². The summed E-state index contributed by atoms with van der Waals surface area (Å²) >= 11 is 1.57. The van der Waals surface area contributed by atoms with Crippen LogP contribution in [0, 0.1) is 0 Å². The van der Waals surface area contributed by atoms with Gasteiger partial charge in [-0.1, -0.05) is 0 Å². The highest BCUT2D eigenvalue weighted by Gasteiger charge is 2.30. The van der Waals surface area contributed by atoms with Gasteiger partial charge >= 0.3 is 0 Å². The first-order valence-corrected chi connectivity index (χ1v) is 9.27. The maximum Gasteiger partial charge on any atom is 0.257 e. The zero-order chi connectivity index (χ0) is 17.6. The SMILES string of the molecule is CCOc1ncccc1C(=O)N[C@@H]1CCN(Cc2cscn2)C[C@H]1O. The number of aromatic nitrogens is 2. The van der Waals surface area contributed by atoms with Crippen LogP contribution in [-0.2, 0) is 6.54 Å². The lowest BCUT2D eigenvalue weighted by Crippen LogP contribution is -2.53. The molecule has 2 N–H and O–H groups in total. The molecule has 1 aliphatic rings. The molecule has 25 heavy (non-hydrogen) atoms. The zero-order valence-corrected chi connectivity index (χ0v) is 14.9. The summed E-state index contributed by atoms with van der Waals surface area (Å²) in [5.41, 5.74) is 3.21. The fraction of sp³-hybridized carbons (Fsp3) is 0.471.